The van der Waals surface area contributed by atoms with E-state index in [-0.39, 0.29) is 10.8 Å². The van der Waals surface area contributed by atoms with Gasteiger partial charge in [-0.3, -0.25) is 0 Å². The lowest BCUT2D eigenvalue weighted by Crippen LogP contribution is -2.25. The minimum Gasteiger partial charge on any atom is -0.387 e. The minimum absolute atomic E-state index is 0.278. The summed E-state index contributed by atoms with van der Waals surface area (Å²) in [5.74, 6) is 0.540. The topological polar surface area (TPSA) is 38.4 Å². The molecule has 1 aliphatic rings. The molecule has 98 valence electrons. The first kappa shape index (κ1) is 13.8. The normalized spacial score (nSPS) is 18.1. The first-order chi connectivity index (χ1) is 8.58. The van der Waals surface area contributed by atoms with Crippen LogP contribution in [0.3, 0.4) is 0 Å². The predicted octanol–water partition coefficient (Wildman–Crippen LogP) is 4.81. The van der Waals surface area contributed by atoms with Gasteiger partial charge >= 0.3 is 0 Å². The summed E-state index contributed by atoms with van der Waals surface area (Å²) in [5.41, 5.74) is 6.55. The monoisotopic (exact) mass is 332 g/mol. The fraction of sp³-hybridized carbons (Fsp3) is 0.462. The van der Waals surface area contributed by atoms with Crippen molar-refractivity contribution in [1.29, 1.82) is 0 Å². The molecule has 0 unspecified atom stereocenters. The Kier molecular flexibility index (Phi) is 4.62. The fourth-order valence-corrected chi connectivity index (χ4v) is 3.14. The minimum atomic E-state index is -0.387. The van der Waals surface area contributed by atoms with Crippen LogP contribution in [0, 0.1) is 11.7 Å². The van der Waals surface area contributed by atoms with Gasteiger partial charge in [-0.25, -0.2) is 9.38 Å². The Hall–Kier alpha value is -0.610. The van der Waals surface area contributed by atoms with E-state index < -0.39 is 0 Å². The summed E-state index contributed by atoms with van der Waals surface area (Å²) in [6.07, 6.45) is 5.81. The number of hydrogen-bond acceptors (Lipinski definition) is 1. The molecule has 2 N–H and O–H groups in total. The van der Waals surface area contributed by atoms with Crippen LogP contribution in [0.1, 0.15) is 32.1 Å². The molecule has 2 rings (SSSR count). The van der Waals surface area contributed by atoms with E-state index in [1.54, 1.807) is 0 Å². The van der Waals surface area contributed by atoms with E-state index in [2.05, 4.69) is 20.9 Å². The number of rotatable bonds is 2. The van der Waals surface area contributed by atoms with Gasteiger partial charge in [-0.15, -0.1) is 0 Å². The zero-order valence-electron chi connectivity index (χ0n) is 9.93. The molecule has 5 heteroatoms. The van der Waals surface area contributed by atoms with Crippen LogP contribution in [-0.2, 0) is 0 Å². The van der Waals surface area contributed by atoms with Gasteiger partial charge in [-0.2, -0.15) is 0 Å². The average Bonchev–Trinajstić information content (AvgIpc) is 2.34. The Morgan fingerprint density at radius 3 is 2.61 bits per heavy atom. The van der Waals surface area contributed by atoms with Crippen LogP contribution < -0.4 is 5.73 Å². The molecule has 0 aliphatic heterocycles. The lowest BCUT2D eigenvalue weighted by molar-refractivity contribution is 0.437. The highest BCUT2D eigenvalue weighted by molar-refractivity contribution is 9.10. The predicted molar refractivity (Wildman–Crippen MR) is 77.0 cm³/mol. The van der Waals surface area contributed by atoms with Crippen LogP contribution in [0.15, 0.2) is 21.6 Å². The fourth-order valence-electron chi connectivity index (χ4n) is 2.26. The largest absolute Gasteiger partial charge is 0.387 e. The maximum atomic E-state index is 13.1. The van der Waals surface area contributed by atoms with E-state index in [9.17, 15) is 4.39 Å². The van der Waals surface area contributed by atoms with Crippen molar-refractivity contribution >= 4 is 39.1 Å². The molecule has 1 saturated carbocycles. The van der Waals surface area contributed by atoms with Crippen LogP contribution >= 0.6 is 27.5 Å². The standard InChI is InChI=1S/C13H15BrClFN2/c14-10-6-9(16)7-11(15)12(10)18-13(17)8-4-2-1-3-5-8/h6-8H,1-5H2,(H2,17,18). The molecule has 18 heavy (non-hydrogen) atoms. The van der Waals surface area contributed by atoms with Gasteiger partial charge < -0.3 is 5.73 Å². The second-order valence-electron chi connectivity index (χ2n) is 4.59. The van der Waals surface area contributed by atoms with Gasteiger partial charge in [-0.1, -0.05) is 30.9 Å². The Balaban J connectivity index is 2.26. The second kappa shape index (κ2) is 6.02. The third kappa shape index (κ3) is 3.23. The van der Waals surface area contributed by atoms with E-state index in [0.29, 0.717) is 21.9 Å². The van der Waals surface area contributed by atoms with E-state index >= 15 is 0 Å². The van der Waals surface area contributed by atoms with E-state index in [0.717, 1.165) is 12.8 Å². The third-order valence-corrected chi connectivity index (χ3v) is 4.14. The number of benzene rings is 1. The van der Waals surface area contributed by atoms with Crippen molar-refractivity contribution in [3.63, 3.8) is 0 Å². The van der Waals surface area contributed by atoms with Gasteiger partial charge in [0.2, 0.25) is 0 Å². The highest BCUT2D eigenvalue weighted by Crippen LogP contribution is 2.35. The number of hydrogen-bond donors (Lipinski definition) is 1. The molecule has 1 aromatic rings. The summed E-state index contributed by atoms with van der Waals surface area (Å²) in [6.45, 7) is 0. The van der Waals surface area contributed by atoms with Crippen LogP contribution in [0.25, 0.3) is 0 Å². The molecule has 0 spiro atoms. The molecule has 0 saturated heterocycles. The Morgan fingerprint density at radius 2 is 2.00 bits per heavy atom. The second-order valence-corrected chi connectivity index (χ2v) is 5.85. The van der Waals surface area contributed by atoms with Gasteiger partial charge in [0.1, 0.15) is 11.7 Å². The van der Waals surface area contributed by atoms with Gasteiger partial charge in [0, 0.05) is 10.4 Å². The summed E-state index contributed by atoms with van der Waals surface area (Å²) in [6, 6.07) is 2.60. The van der Waals surface area contributed by atoms with Crippen LogP contribution in [0.5, 0.6) is 0 Å². The number of nitrogens with zero attached hydrogens (tertiary/aromatic N) is 1. The van der Waals surface area contributed by atoms with Crippen molar-refractivity contribution < 1.29 is 4.39 Å². The molecule has 0 radical (unpaired) electrons. The zero-order valence-corrected chi connectivity index (χ0v) is 12.3. The van der Waals surface area contributed by atoms with Crippen LogP contribution in [-0.4, -0.2) is 5.84 Å². The smallest absolute Gasteiger partial charge is 0.125 e. The number of halogens is 3. The molecule has 0 aromatic heterocycles. The molecule has 0 bridgehead atoms. The maximum absolute atomic E-state index is 13.1. The molecular formula is C13H15BrClFN2. The van der Waals surface area contributed by atoms with Gasteiger partial charge in [0.05, 0.1) is 10.7 Å². The van der Waals surface area contributed by atoms with Gasteiger partial charge in [0.25, 0.3) is 0 Å². The van der Waals surface area contributed by atoms with Crippen molar-refractivity contribution in [2.24, 2.45) is 16.6 Å². The van der Waals surface area contributed by atoms with Crippen molar-refractivity contribution in [3.8, 4) is 0 Å². The summed E-state index contributed by atoms with van der Waals surface area (Å²) in [4.78, 5) is 4.37. The summed E-state index contributed by atoms with van der Waals surface area (Å²) in [7, 11) is 0. The summed E-state index contributed by atoms with van der Waals surface area (Å²) in [5, 5.41) is 0.278. The quantitative estimate of drug-likeness (QED) is 0.612. The number of nitrogens with two attached hydrogens (primary N) is 1. The Bertz CT molecular complexity index is 447. The molecule has 1 fully saturated rings. The third-order valence-electron chi connectivity index (χ3n) is 3.25. The molecule has 0 amide bonds. The average molecular weight is 334 g/mol. The van der Waals surface area contributed by atoms with Gasteiger partial charge in [-0.05, 0) is 40.9 Å². The van der Waals surface area contributed by atoms with Crippen LogP contribution in [0.4, 0.5) is 10.1 Å². The molecule has 2 nitrogen and oxygen atoms in total. The van der Waals surface area contributed by atoms with E-state index in [1.807, 2.05) is 0 Å². The molecule has 1 aromatic carbocycles. The highest BCUT2D eigenvalue weighted by atomic mass is 79.9. The molecule has 0 atom stereocenters. The van der Waals surface area contributed by atoms with Crippen LogP contribution in [0.2, 0.25) is 5.02 Å². The zero-order chi connectivity index (χ0) is 13.1. The number of amidine groups is 1. The number of aliphatic imine (C=N–C) groups is 1. The summed E-state index contributed by atoms with van der Waals surface area (Å²) >= 11 is 9.25. The van der Waals surface area contributed by atoms with E-state index in [1.165, 1.54) is 31.4 Å². The van der Waals surface area contributed by atoms with Crippen molar-refractivity contribution in [2.75, 3.05) is 0 Å². The molecular weight excluding hydrogens is 319 g/mol. The van der Waals surface area contributed by atoms with E-state index in [4.69, 9.17) is 17.3 Å². The van der Waals surface area contributed by atoms with Crippen molar-refractivity contribution in [1.82, 2.24) is 0 Å². The lowest BCUT2D eigenvalue weighted by atomic mass is 9.88. The highest BCUT2D eigenvalue weighted by Gasteiger charge is 2.18. The Morgan fingerprint density at radius 1 is 1.33 bits per heavy atom. The SMILES string of the molecule is NC(=Nc1c(Cl)cc(F)cc1Br)C1CCCCC1. The van der Waals surface area contributed by atoms with Crippen molar-refractivity contribution in [3.05, 3.63) is 27.4 Å². The van der Waals surface area contributed by atoms with Gasteiger partial charge in [0.15, 0.2) is 0 Å². The lowest BCUT2D eigenvalue weighted by Gasteiger charge is -2.21. The first-order valence-corrected chi connectivity index (χ1v) is 7.23. The Labute approximate surface area is 120 Å². The molecule has 1 aliphatic carbocycles. The summed E-state index contributed by atoms with van der Waals surface area (Å²) < 4.78 is 13.6. The van der Waals surface area contributed by atoms with Crippen molar-refractivity contribution in [2.45, 2.75) is 32.1 Å². The maximum Gasteiger partial charge on any atom is 0.125 e. The molecule has 0 heterocycles. The first-order valence-electron chi connectivity index (χ1n) is 6.06.